The number of nitrogens with one attached hydrogen (secondary N) is 3. The van der Waals surface area contributed by atoms with Gasteiger partial charge in [0.2, 0.25) is 23.6 Å². The fraction of sp³-hybridized carbons (Fsp3) is 0.750. The van der Waals surface area contributed by atoms with Gasteiger partial charge in [-0.05, 0) is 58.0 Å². The van der Waals surface area contributed by atoms with Gasteiger partial charge in [-0.1, -0.05) is 0 Å². The first-order valence-electron chi connectivity index (χ1n) is 11.1. The van der Waals surface area contributed by atoms with Gasteiger partial charge in [0.25, 0.3) is 0 Å². The fourth-order valence-electron chi connectivity index (χ4n) is 4.10. The summed E-state index contributed by atoms with van der Waals surface area (Å²) in [6.45, 7) is 1.36. The number of unbranched alkanes of at least 4 members (excludes halogenated alkanes) is 1. The quantitative estimate of drug-likeness (QED) is 0.178. The maximum absolute atomic E-state index is 13.0. The molecule has 2 saturated heterocycles. The molecule has 12 nitrogen and oxygen atoms in total. The van der Waals surface area contributed by atoms with E-state index in [1.807, 2.05) is 0 Å². The lowest BCUT2D eigenvalue weighted by Crippen LogP contribution is -2.57. The van der Waals surface area contributed by atoms with Gasteiger partial charge < -0.3 is 37.4 Å². The second-order valence-electron chi connectivity index (χ2n) is 8.25. The van der Waals surface area contributed by atoms with Crippen molar-refractivity contribution in [3.63, 3.8) is 0 Å². The van der Waals surface area contributed by atoms with Crippen LogP contribution in [0.15, 0.2) is 0 Å². The molecule has 4 amide bonds. The third-order valence-electron chi connectivity index (χ3n) is 5.80. The molecule has 180 valence electrons. The molecule has 4 unspecified atom stereocenters. The standard InChI is InChI=1S/C20H34N6O6/c21-8-2-1-5-13(24-17(28)12-6-3-9-23-12)18(29)25-14(11-16(22)27)19(30)26-10-4-7-15(26)20(31)32/h12-15,23H,1-11,21H2,(H2,22,27)(H,24,28)(H,25,29)(H,31,32). The summed E-state index contributed by atoms with van der Waals surface area (Å²) in [6, 6.07) is -3.63. The second kappa shape index (κ2) is 12.3. The largest absolute Gasteiger partial charge is 0.480 e. The number of nitrogens with two attached hydrogens (primary N) is 2. The van der Waals surface area contributed by atoms with Crippen LogP contribution in [0.2, 0.25) is 0 Å². The summed E-state index contributed by atoms with van der Waals surface area (Å²) in [7, 11) is 0. The molecule has 12 heteroatoms. The molecule has 0 aromatic heterocycles. The van der Waals surface area contributed by atoms with Crippen LogP contribution >= 0.6 is 0 Å². The monoisotopic (exact) mass is 454 g/mol. The topological polar surface area (TPSA) is 197 Å². The maximum atomic E-state index is 13.0. The Hall–Kier alpha value is -2.73. The predicted octanol–water partition coefficient (Wildman–Crippen LogP) is -2.21. The molecule has 0 saturated carbocycles. The van der Waals surface area contributed by atoms with Crippen molar-refractivity contribution in [2.45, 2.75) is 75.5 Å². The number of carboxylic acids is 1. The van der Waals surface area contributed by atoms with E-state index in [0.29, 0.717) is 45.1 Å². The van der Waals surface area contributed by atoms with E-state index in [2.05, 4.69) is 16.0 Å². The van der Waals surface area contributed by atoms with Gasteiger partial charge in [0.15, 0.2) is 0 Å². The van der Waals surface area contributed by atoms with E-state index in [-0.39, 0.29) is 18.5 Å². The molecule has 0 radical (unpaired) electrons. The lowest BCUT2D eigenvalue weighted by molar-refractivity contribution is -0.149. The Bertz CT molecular complexity index is 711. The third-order valence-corrected chi connectivity index (χ3v) is 5.80. The number of carbonyl (C=O) groups is 5. The van der Waals surface area contributed by atoms with Crippen molar-refractivity contribution in [3.05, 3.63) is 0 Å². The van der Waals surface area contributed by atoms with Crippen molar-refractivity contribution in [2.75, 3.05) is 19.6 Å². The van der Waals surface area contributed by atoms with E-state index >= 15 is 0 Å². The van der Waals surface area contributed by atoms with Crippen LogP contribution in [0.3, 0.4) is 0 Å². The lowest BCUT2D eigenvalue weighted by atomic mass is 10.1. The van der Waals surface area contributed by atoms with E-state index in [0.717, 1.165) is 17.9 Å². The average molecular weight is 455 g/mol. The first-order chi connectivity index (χ1) is 15.2. The number of hydrogen-bond donors (Lipinski definition) is 6. The van der Waals surface area contributed by atoms with Gasteiger partial charge in [-0.2, -0.15) is 0 Å². The number of carbonyl (C=O) groups excluding carboxylic acids is 4. The van der Waals surface area contributed by atoms with Crippen LogP contribution in [0, 0.1) is 0 Å². The first-order valence-corrected chi connectivity index (χ1v) is 11.1. The molecule has 0 aromatic rings. The minimum atomic E-state index is -1.31. The highest BCUT2D eigenvalue weighted by atomic mass is 16.4. The fourth-order valence-corrected chi connectivity index (χ4v) is 4.10. The number of primary amides is 1. The Balaban J connectivity index is 2.11. The van der Waals surface area contributed by atoms with Crippen LogP contribution in [0.4, 0.5) is 0 Å². The molecule has 2 heterocycles. The molecule has 2 aliphatic heterocycles. The number of nitrogens with zero attached hydrogens (tertiary/aromatic N) is 1. The third kappa shape index (κ3) is 7.16. The smallest absolute Gasteiger partial charge is 0.326 e. The molecule has 0 aromatic carbocycles. The van der Waals surface area contributed by atoms with Gasteiger partial charge in [0.1, 0.15) is 18.1 Å². The average Bonchev–Trinajstić information content (AvgIpc) is 3.43. The number of amides is 4. The minimum Gasteiger partial charge on any atom is -0.480 e. The van der Waals surface area contributed by atoms with Gasteiger partial charge in [-0.25, -0.2) is 4.79 Å². The molecular weight excluding hydrogens is 420 g/mol. The zero-order valence-corrected chi connectivity index (χ0v) is 18.2. The Labute approximate surface area is 186 Å². The molecule has 32 heavy (non-hydrogen) atoms. The van der Waals surface area contributed by atoms with Crippen molar-refractivity contribution in [2.24, 2.45) is 11.5 Å². The summed E-state index contributed by atoms with van der Waals surface area (Å²) >= 11 is 0. The molecule has 0 spiro atoms. The Morgan fingerprint density at radius 1 is 1.06 bits per heavy atom. The van der Waals surface area contributed by atoms with Crippen LogP contribution < -0.4 is 27.4 Å². The van der Waals surface area contributed by atoms with Crippen LogP contribution in [-0.4, -0.2) is 83.4 Å². The van der Waals surface area contributed by atoms with Gasteiger partial charge in [0, 0.05) is 6.54 Å². The van der Waals surface area contributed by atoms with Crippen molar-refractivity contribution in [1.82, 2.24) is 20.9 Å². The van der Waals surface area contributed by atoms with E-state index in [9.17, 15) is 29.1 Å². The second-order valence-corrected chi connectivity index (χ2v) is 8.25. The highest BCUT2D eigenvalue weighted by molar-refractivity contribution is 5.96. The maximum Gasteiger partial charge on any atom is 0.326 e. The summed E-state index contributed by atoms with van der Waals surface area (Å²) in [5, 5.41) is 17.7. The molecule has 4 atom stereocenters. The Morgan fingerprint density at radius 3 is 2.41 bits per heavy atom. The van der Waals surface area contributed by atoms with Crippen molar-refractivity contribution in [1.29, 1.82) is 0 Å². The molecule has 2 fully saturated rings. The van der Waals surface area contributed by atoms with E-state index < -0.39 is 48.2 Å². The molecular formula is C20H34N6O6. The summed E-state index contributed by atoms with van der Waals surface area (Å²) in [5.74, 6) is -3.56. The summed E-state index contributed by atoms with van der Waals surface area (Å²) in [5.41, 5.74) is 10.8. The summed E-state index contributed by atoms with van der Waals surface area (Å²) < 4.78 is 0. The molecule has 0 aliphatic carbocycles. The number of rotatable bonds is 12. The highest BCUT2D eigenvalue weighted by Crippen LogP contribution is 2.19. The first kappa shape index (κ1) is 25.5. The van der Waals surface area contributed by atoms with Crippen LogP contribution in [0.25, 0.3) is 0 Å². The van der Waals surface area contributed by atoms with Gasteiger partial charge in [-0.15, -0.1) is 0 Å². The predicted molar refractivity (Wildman–Crippen MR) is 114 cm³/mol. The normalized spacial score (nSPS) is 22.2. The number of likely N-dealkylation sites (tertiary alicyclic amines) is 1. The van der Waals surface area contributed by atoms with E-state index in [1.165, 1.54) is 0 Å². The highest BCUT2D eigenvalue weighted by Gasteiger charge is 2.39. The lowest BCUT2D eigenvalue weighted by Gasteiger charge is -2.28. The van der Waals surface area contributed by atoms with Gasteiger partial charge in [0.05, 0.1) is 12.5 Å². The zero-order valence-electron chi connectivity index (χ0n) is 18.2. The zero-order chi connectivity index (χ0) is 23.7. The minimum absolute atomic E-state index is 0.213. The Kier molecular flexibility index (Phi) is 9.85. The molecule has 2 aliphatic rings. The molecule has 0 bridgehead atoms. The van der Waals surface area contributed by atoms with Crippen molar-refractivity contribution < 1.29 is 29.1 Å². The van der Waals surface area contributed by atoms with E-state index in [1.54, 1.807) is 0 Å². The van der Waals surface area contributed by atoms with Crippen molar-refractivity contribution >= 4 is 29.6 Å². The number of aliphatic carboxylic acids is 1. The van der Waals surface area contributed by atoms with Crippen LogP contribution in [0.5, 0.6) is 0 Å². The SMILES string of the molecule is NCCCCC(NC(=O)C1CCCN1)C(=O)NC(CC(N)=O)C(=O)N1CCCC1C(=O)O. The van der Waals surface area contributed by atoms with Crippen LogP contribution in [-0.2, 0) is 24.0 Å². The van der Waals surface area contributed by atoms with Gasteiger partial charge in [-0.3, -0.25) is 19.2 Å². The number of hydrogen-bond acceptors (Lipinski definition) is 7. The van der Waals surface area contributed by atoms with Crippen molar-refractivity contribution in [3.8, 4) is 0 Å². The van der Waals surface area contributed by atoms with E-state index in [4.69, 9.17) is 11.5 Å². The molecule has 2 rings (SSSR count). The van der Waals surface area contributed by atoms with Crippen LogP contribution in [0.1, 0.15) is 51.4 Å². The Morgan fingerprint density at radius 2 is 1.81 bits per heavy atom. The molecule has 8 N–H and O–H groups in total. The summed E-state index contributed by atoms with van der Waals surface area (Å²) in [6.07, 6.45) is 3.39. The van der Waals surface area contributed by atoms with Gasteiger partial charge >= 0.3 is 5.97 Å². The summed E-state index contributed by atoms with van der Waals surface area (Å²) in [4.78, 5) is 62.6. The number of carboxylic acid groups (broad SMARTS) is 1.